The largest absolute Gasteiger partial charge is 0.462 e. The summed E-state index contributed by atoms with van der Waals surface area (Å²) in [5.41, 5.74) is 5.28. The zero-order valence-electron chi connectivity index (χ0n) is 7.83. The van der Waals surface area contributed by atoms with E-state index in [1.807, 2.05) is 0 Å². The topological polar surface area (TPSA) is 52.3 Å². The molecule has 1 saturated carbocycles. The summed E-state index contributed by atoms with van der Waals surface area (Å²) in [6.07, 6.45) is 5.93. The summed E-state index contributed by atoms with van der Waals surface area (Å²) in [4.78, 5) is 11.1. The molecule has 0 bridgehead atoms. The molecule has 0 saturated heterocycles. The Labute approximate surface area is 85.4 Å². The minimum atomic E-state index is -0.0765. The quantitative estimate of drug-likeness (QED) is 0.713. The van der Waals surface area contributed by atoms with Crippen LogP contribution in [0.1, 0.15) is 38.5 Å². The lowest BCUT2D eigenvalue weighted by Crippen LogP contribution is -2.15. The molecule has 0 amide bonds. The fraction of sp³-hybridized carbons (Fsp3) is 0.889. The molecule has 0 aromatic carbocycles. The molecular formula is C9H18ClNO2. The highest BCUT2D eigenvalue weighted by Crippen LogP contribution is 2.21. The molecule has 1 aliphatic rings. The van der Waals surface area contributed by atoms with Crippen LogP contribution in [-0.2, 0) is 9.53 Å². The maximum atomic E-state index is 11.1. The minimum absolute atomic E-state index is 0. The molecule has 0 spiro atoms. The molecule has 0 aromatic rings. The molecule has 0 aromatic heterocycles. The van der Waals surface area contributed by atoms with E-state index in [1.54, 1.807) is 0 Å². The third-order valence-electron chi connectivity index (χ3n) is 2.19. The van der Waals surface area contributed by atoms with Gasteiger partial charge in [-0.2, -0.15) is 0 Å². The third-order valence-corrected chi connectivity index (χ3v) is 2.19. The first-order chi connectivity index (χ1) is 5.83. The highest BCUT2D eigenvalue weighted by Gasteiger charge is 2.18. The average molecular weight is 208 g/mol. The normalized spacial score (nSPS) is 16.7. The predicted octanol–water partition coefficient (Wildman–Crippen LogP) is 1.63. The number of halogens is 1. The van der Waals surface area contributed by atoms with Gasteiger partial charge in [0.15, 0.2) is 0 Å². The number of ether oxygens (including phenoxy) is 1. The first-order valence-corrected chi connectivity index (χ1v) is 4.72. The van der Waals surface area contributed by atoms with Gasteiger partial charge < -0.3 is 10.5 Å². The molecule has 0 radical (unpaired) electrons. The van der Waals surface area contributed by atoms with Crippen LogP contribution in [0.15, 0.2) is 0 Å². The molecule has 78 valence electrons. The van der Waals surface area contributed by atoms with Crippen molar-refractivity contribution in [2.45, 2.75) is 44.6 Å². The number of carbonyl (C=O) groups is 1. The molecule has 0 heterocycles. The van der Waals surface area contributed by atoms with Crippen LogP contribution >= 0.6 is 12.4 Å². The van der Waals surface area contributed by atoms with Crippen LogP contribution in [0.2, 0.25) is 0 Å². The SMILES string of the molecule is Cl.NCCCC(=O)OC1CCCC1. The van der Waals surface area contributed by atoms with Crippen LogP contribution in [-0.4, -0.2) is 18.6 Å². The number of hydrogen-bond acceptors (Lipinski definition) is 3. The molecule has 1 rings (SSSR count). The van der Waals surface area contributed by atoms with Gasteiger partial charge in [0.1, 0.15) is 6.10 Å². The van der Waals surface area contributed by atoms with E-state index in [1.165, 1.54) is 12.8 Å². The van der Waals surface area contributed by atoms with Gasteiger partial charge in [-0.15, -0.1) is 12.4 Å². The van der Waals surface area contributed by atoms with Crippen molar-refractivity contribution in [2.24, 2.45) is 5.73 Å². The summed E-state index contributed by atoms with van der Waals surface area (Å²) in [5, 5.41) is 0. The highest BCUT2D eigenvalue weighted by molar-refractivity contribution is 5.85. The van der Waals surface area contributed by atoms with Crippen molar-refractivity contribution in [3.8, 4) is 0 Å². The third kappa shape index (κ3) is 5.11. The zero-order valence-corrected chi connectivity index (χ0v) is 8.65. The van der Waals surface area contributed by atoms with Gasteiger partial charge in [0, 0.05) is 6.42 Å². The molecule has 4 heteroatoms. The van der Waals surface area contributed by atoms with Crippen LogP contribution in [0.25, 0.3) is 0 Å². The van der Waals surface area contributed by atoms with E-state index in [0.29, 0.717) is 13.0 Å². The second kappa shape index (κ2) is 7.15. The molecule has 1 fully saturated rings. The van der Waals surface area contributed by atoms with Crippen LogP contribution in [0, 0.1) is 0 Å². The second-order valence-electron chi connectivity index (χ2n) is 3.29. The van der Waals surface area contributed by atoms with Crippen LogP contribution in [0.5, 0.6) is 0 Å². The van der Waals surface area contributed by atoms with E-state index in [4.69, 9.17) is 10.5 Å². The van der Waals surface area contributed by atoms with Gasteiger partial charge in [-0.25, -0.2) is 0 Å². The Morgan fingerprint density at radius 3 is 2.54 bits per heavy atom. The molecule has 13 heavy (non-hydrogen) atoms. The summed E-state index contributed by atoms with van der Waals surface area (Å²) in [7, 11) is 0. The monoisotopic (exact) mass is 207 g/mol. The standard InChI is InChI=1S/C9H17NO2.ClH/c10-7-3-6-9(11)12-8-4-1-2-5-8;/h8H,1-7,10H2;1H. The van der Waals surface area contributed by atoms with Gasteiger partial charge in [-0.05, 0) is 38.6 Å². The maximum Gasteiger partial charge on any atom is 0.306 e. The van der Waals surface area contributed by atoms with E-state index in [2.05, 4.69) is 0 Å². The Kier molecular flexibility index (Phi) is 7.00. The summed E-state index contributed by atoms with van der Waals surface area (Å²) in [5.74, 6) is -0.0765. The Morgan fingerprint density at radius 1 is 1.38 bits per heavy atom. The Balaban J connectivity index is 0.00000144. The van der Waals surface area contributed by atoms with Crippen molar-refractivity contribution in [2.75, 3.05) is 6.54 Å². The fourth-order valence-electron chi connectivity index (χ4n) is 1.50. The predicted molar refractivity (Wildman–Crippen MR) is 53.9 cm³/mol. The van der Waals surface area contributed by atoms with Crippen LogP contribution in [0.4, 0.5) is 0 Å². The van der Waals surface area contributed by atoms with Gasteiger partial charge in [0.2, 0.25) is 0 Å². The van der Waals surface area contributed by atoms with E-state index in [0.717, 1.165) is 19.3 Å². The van der Waals surface area contributed by atoms with Crippen molar-refractivity contribution >= 4 is 18.4 Å². The summed E-state index contributed by atoms with van der Waals surface area (Å²) >= 11 is 0. The number of esters is 1. The Bertz CT molecular complexity index is 147. The summed E-state index contributed by atoms with van der Waals surface area (Å²) in [6.45, 7) is 0.569. The first-order valence-electron chi connectivity index (χ1n) is 4.72. The van der Waals surface area contributed by atoms with Crippen molar-refractivity contribution in [1.29, 1.82) is 0 Å². The zero-order chi connectivity index (χ0) is 8.81. The van der Waals surface area contributed by atoms with E-state index in [9.17, 15) is 4.79 Å². The maximum absolute atomic E-state index is 11.1. The van der Waals surface area contributed by atoms with Crippen molar-refractivity contribution in [3.63, 3.8) is 0 Å². The van der Waals surface area contributed by atoms with Crippen molar-refractivity contribution in [3.05, 3.63) is 0 Å². The van der Waals surface area contributed by atoms with Crippen LogP contribution < -0.4 is 5.73 Å². The van der Waals surface area contributed by atoms with Gasteiger partial charge in [-0.3, -0.25) is 4.79 Å². The van der Waals surface area contributed by atoms with Gasteiger partial charge in [0.05, 0.1) is 0 Å². The average Bonchev–Trinajstić information content (AvgIpc) is 2.53. The Morgan fingerprint density at radius 2 is 2.00 bits per heavy atom. The molecule has 2 N–H and O–H groups in total. The molecular weight excluding hydrogens is 190 g/mol. The Hall–Kier alpha value is -0.280. The second-order valence-corrected chi connectivity index (χ2v) is 3.29. The lowest BCUT2D eigenvalue weighted by Gasteiger charge is -2.10. The summed E-state index contributed by atoms with van der Waals surface area (Å²) in [6, 6.07) is 0. The molecule has 1 aliphatic carbocycles. The first kappa shape index (κ1) is 12.7. The lowest BCUT2D eigenvalue weighted by molar-refractivity contribution is -0.148. The number of nitrogens with two attached hydrogens (primary N) is 1. The van der Waals surface area contributed by atoms with E-state index < -0.39 is 0 Å². The summed E-state index contributed by atoms with van der Waals surface area (Å²) < 4.78 is 5.22. The number of hydrogen-bond donors (Lipinski definition) is 1. The van der Waals surface area contributed by atoms with E-state index >= 15 is 0 Å². The van der Waals surface area contributed by atoms with Crippen LogP contribution in [0.3, 0.4) is 0 Å². The number of carbonyl (C=O) groups excluding carboxylic acids is 1. The van der Waals surface area contributed by atoms with Gasteiger partial charge in [0.25, 0.3) is 0 Å². The lowest BCUT2D eigenvalue weighted by atomic mass is 10.3. The fourth-order valence-corrected chi connectivity index (χ4v) is 1.50. The van der Waals surface area contributed by atoms with Gasteiger partial charge >= 0.3 is 5.97 Å². The van der Waals surface area contributed by atoms with Gasteiger partial charge in [-0.1, -0.05) is 0 Å². The minimum Gasteiger partial charge on any atom is -0.462 e. The molecule has 0 atom stereocenters. The highest BCUT2D eigenvalue weighted by atomic mass is 35.5. The van der Waals surface area contributed by atoms with Crippen molar-refractivity contribution < 1.29 is 9.53 Å². The van der Waals surface area contributed by atoms with Crippen molar-refractivity contribution in [1.82, 2.24) is 0 Å². The number of rotatable bonds is 4. The molecule has 0 aliphatic heterocycles. The van der Waals surface area contributed by atoms with E-state index in [-0.39, 0.29) is 24.5 Å². The smallest absolute Gasteiger partial charge is 0.306 e. The molecule has 0 unspecified atom stereocenters. The molecule has 3 nitrogen and oxygen atoms in total.